The van der Waals surface area contributed by atoms with Gasteiger partial charge in [-0.3, -0.25) is 0 Å². The number of hydrogen-bond acceptors (Lipinski definition) is 6. The summed E-state index contributed by atoms with van der Waals surface area (Å²) < 4.78 is 16.9. The van der Waals surface area contributed by atoms with E-state index < -0.39 is 6.10 Å². The van der Waals surface area contributed by atoms with Crippen LogP contribution < -0.4 is 4.74 Å². The van der Waals surface area contributed by atoms with Crippen molar-refractivity contribution in [2.24, 2.45) is 0 Å². The largest absolute Gasteiger partial charge is 0.480 e. The van der Waals surface area contributed by atoms with Crippen LogP contribution in [0.15, 0.2) is 27.4 Å². The highest BCUT2D eigenvalue weighted by atomic mass is 35.5. The molecule has 0 amide bonds. The SMILES string of the molecule is Cc1cc(Cl)cc(C)c1OC(C)c1nnc(-c2ocnc2C)o1. The van der Waals surface area contributed by atoms with Gasteiger partial charge in [0.25, 0.3) is 11.8 Å². The summed E-state index contributed by atoms with van der Waals surface area (Å²) in [4.78, 5) is 4.01. The van der Waals surface area contributed by atoms with Crippen LogP contribution in [-0.4, -0.2) is 15.2 Å². The number of nitrogens with zero attached hydrogens (tertiary/aromatic N) is 3. The van der Waals surface area contributed by atoms with Crippen molar-refractivity contribution in [1.29, 1.82) is 0 Å². The molecule has 3 rings (SSSR count). The summed E-state index contributed by atoms with van der Waals surface area (Å²) in [7, 11) is 0. The maximum atomic E-state index is 6.04. The Labute approximate surface area is 138 Å². The first kappa shape index (κ1) is 15.6. The molecular weight excluding hydrogens is 318 g/mol. The van der Waals surface area contributed by atoms with Gasteiger partial charge in [0.05, 0.1) is 5.69 Å². The van der Waals surface area contributed by atoms with Crippen LogP contribution in [0, 0.1) is 20.8 Å². The van der Waals surface area contributed by atoms with Crippen LogP contribution in [0.4, 0.5) is 0 Å². The smallest absolute Gasteiger partial charge is 0.285 e. The maximum absolute atomic E-state index is 6.04. The van der Waals surface area contributed by atoms with Crippen molar-refractivity contribution in [2.45, 2.75) is 33.8 Å². The van der Waals surface area contributed by atoms with Crippen molar-refractivity contribution >= 4 is 11.6 Å². The van der Waals surface area contributed by atoms with Crippen LogP contribution in [0.2, 0.25) is 5.02 Å². The van der Waals surface area contributed by atoms with Crippen molar-refractivity contribution in [3.05, 3.63) is 46.3 Å². The van der Waals surface area contributed by atoms with Crippen LogP contribution in [-0.2, 0) is 0 Å². The van der Waals surface area contributed by atoms with E-state index in [9.17, 15) is 0 Å². The summed E-state index contributed by atoms with van der Waals surface area (Å²) in [5.41, 5.74) is 2.60. The molecule has 0 N–H and O–H groups in total. The van der Waals surface area contributed by atoms with Crippen molar-refractivity contribution < 1.29 is 13.6 Å². The third-order valence-corrected chi connectivity index (χ3v) is 3.67. The Morgan fingerprint density at radius 2 is 1.83 bits per heavy atom. The molecule has 0 aliphatic carbocycles. The Bertz CT molecular complexity index is 818. The molecule has 0 bridgehead atoms. The van der Waals surface area contributed by atoms with Gasteiger partial charge in [-0.15, -0.1) is 10.2 Å². The van der Waals surface area contributed by atoms with Crippen LogP contribution in [0.1, 0.15) is 35.7 Å². The average Bonchev–Trinajstić information content (AvgIpc) is 3.11. The number of rotatable bonds is 4. The number of aromatic nitrogens is 3. The molecule has 1 aromatic carbocycles. The first-order valence-corrected chi connectivity index (χ1v) is 7.50. The molecule has 1 atom stereocenters. The standard InChI is InChI=1S/C16H16ClN3O3/c1-8-5-12(17)6-9(2)13(8)22-11(4)15-19-20-16(23-15)14-10(3)18-7-21-14/h5-7,11H,1-4H3. The van der Waals surface area contributed by atoms with Crippen molar-refractivity contribution in [3.8, 4) is 17.4 Å². The van der Waals surface area contributed by atoms with Crippen LogP contribution in [0.25, 0.3) is 11.7 Å². The van der Waals surface area contributed by atoms with E-state index in [2.05, 4.69) is 15.2 Å². The summed E-state index contributed by atoms with van der Waals surface area (Å²) in [5, 5.41) is 8.70. The summed E-state index contributed by atoms with van der Waals surface area (Å²) in [6, 6.07) is 3.71. The summed E-state index contributed by atoms with van der Waals surface area (Å²) >= 11 is 6.04. The van der Waals surface area contributed by atoms with Gasteiger partial charge in [0.2, 0.25) is 5.76 Å². The summed E-state index contributed by atoms with van der Waals surface area (Å²) in [6.07, 6.45) is 0.938. The van der Waals surface area contributed by atoms with E-state index in [0.29, 0.717) is 22.4 Å². The van der Waals surface area contributed by atoms with Crippen molar-refractivity contribution in [3.63, 3.8) is 0 Å². The number of hydrogen-bond donors (Lipinski definition) is 0. The third kappa shape index (κ3) is 3.07. The Morgan fingerprint density at radius 1 is 1.13 bits per heavy atom. The van der Waals surface area contributed by atoms with Gasteiger partial charge >= 0.3 is 0 Å². The molecule has 23 heavy (non-hydrogen) atoms. The minimum Gasteiger partial charge on any atom is -0.480 e. The second kappa shape index (κ2) is 6.04. The van der Waals surface area contributed by atoms with Crippen LogP contribution in [0.3, 0.4) is 0 Å². The number of ether oxygens (including phenoxy) is 1. The molecule has 2 heterocycles. The highest BCUT2D eigenvalue weighted by Gasteiger charge is 2.21. The first-order chi connectivity index (χ1) is 11.0. The van der Waals surface area contributed by atoms with Gasteiger partial charge in [-0.25, -0.2) is 4.98 Å². The quantitative estimate of drug-likeness (QED) is 0.702. The molecule has 0 aliphatic rings. The molecule has 7 heteroatoms. The Balaban J connectivity index is 1.84. The predicted molar refractivity (Wildman–Crippen MR) is 84.5 cm³/mol. The lowest BCUT2D eigenvalue weighted by Gasteiger charge is -2.16. The summed E-state index contributed by atoms with van der Waals surface area (Å²) in [5.74, 6) is 1.88. The normalized spacial score (nSPS) is 12.4. The molecule has 1 unspecified atom stereocenters. The molecule has 0 spiro atoms. The second-order valence-corrected chi connectivity index (χ2v) is 5.78. The minimum absolute atomic E-state index is 0.287. The van der Waals surface area contributed by atoms with E-state index in [1.807, 2.05) is 39.8 Å². The zero-order chi connectivity index (χ0) is 16.6. The average molecular weight is 334 g/mol. The fraction of sp³-hybridized carbons (Fsp3) is 0.312. The summed E-state index contributed by atoms with van der Waals surface area (Å²) in [6.45, 7) is 7.54. The van der Waals surface area contributed by atoms with Crippen LogP contribution in [0.5, 0.6) is 5.75 Å². The third-order valence-electron chi connectivity index (χ3n) is 3.45. The van der Waals surface area contributed by atoms with E-state index in [1.54, 1.807) is 0 Å². The van der Waals surface area contributed by atoms with Crippen molar-refractivity contribution in [1.82, 2.24) is 15.2 Å². The Hall–Kier alpha value is -2.34. The van der Waals surface area contributed by atoms with E-state index in [1.165, 1.54) is 6.39 Å². The molecule has 6 nitrogen and oxygen atoms in total. The molecule has 0 saturated heterocycles. The minimum atomic E-state index is -0.405. The molecule has 0 saturated carbocycles. The molecule has 2 aromatic heterocycles. The fourth-order valence-electron chi connectivity index (χ4n) is 2.31. The molecular formula is C16H16ClN3O3. The molecule has 0 aliphatic heterocycles. The van der Waals surface area contributed by atoms with E-state index in [-0.39, 0.29) is 5.89 Å². The van der Waals surface area contributed by atoms with Gasteiger partial charge in [0.15, 0.2) is 12.5 Å². The van der Waals surface area contributed by atoms with Crippen LogP contribution >= 0.6 is 11.6 Å². The van der Waals surface area contributed by atoms with Gasteiger partial charge in [0.1, 0.15) is 5.75 Å². The topological polar surface area (TPSA) is 74.2 Å². The highest BCUT2D eigenvalue weighted by molar-refractivity contribution is 6.30. The van der Waals surface area contributed by atoms with Gasteiger partial charge in [-0.2, -0.15) is 0 Å². The lowest BCUT2D eigenvalue weighted by atomic mass is 10.1. The number of aryl methyl sites for hydroxylation is 3. The van der Waals surface area contributed by atoms with E-state index in [4.69, 9.17) is 25.2 Å². The second-order valence-electron chi connectivity index (χ2n) is 5.34. The first-order valence-electron chi connectivity index (χ1n) is 7.13. The van der Waals surface area contributed by atoms with Gasteiger partial charge in [-0.1, -0.05) is 11.6 Å². The molecule has 0 radical (unpaired) electrons. The lowest BCUT2D eigenvalue weighted by molar-refractivity contribution is 0.187. The fourth-order valence-corrected chi connectivity index (χ4v) is 2.64. The monoisotopic (exact) mass is 333 g/mol. The van der Waals surface area contributed by atoms with Gasteiger partial charge < -0.3 is 13.6 Å². The Kier molecular flexibility index (Phi) is 4.09. The predicted octanol–water partition coefficient (Wildman–Crippen LogP) is 4.44. The zero-order valence-electron chi connectivity index (χ0n) is 13.3. The lowest BCUT2D eigenvalue weighted by Crippen LogP contribution is -2.06. The number of halogens is 1. The molecule has 3 aromatic rings. The molecule has 0 fully saturated rings. The van der Waals surface area contributed by atoms with E-state index >= 15 is 0 Å². The Morgan fingerprint density at radius 3 is 2.43 bits per heavy atom. The van der Waals surface area contributed by atoms with Crippen molar-refractivity contribution in [2.75, 3.05) is 0 Å². The number of benzene rings is 1. The number of oxazole rings is 1. The van der Waals surface area contributed by atoms with Gasteiger partial charge in [0, 0.05) is 5.02 Å². The van der Waals surface area contributed by atoms with E-state index in [0.717, 1.165) is 16.9 Å². The van der Waals surface area contributed by atoms with Gasteiger partial charge in [-0.05, 0) is 51.0 Å². The zero-order valence-corrected chi connectivity index (χ0v) is 14.0. The molecule has 120 valence electrons. The highest BCUT2D eigenvalue weighted by Crippen LogP contribution is 2.31. The maximum Gasteiger partial charge on any atom is 0.285 e.